The number of hydrogen-bond donors (Lipinski definition) is 3. The van der Waals surface area contributed by atoms with Crippen LogP contribution < -0.4 is 16.0 Å². The summed E-state index contributed by atoms with van der Waals surface area (Å²) in [6.45, 7) is 8.51. The molecule has 0 spiro atoms. The van der Waals surface area contributed by atoms with Crippen LogP contribution in [-0.2, 0) is 11.2 Å². The van der Waals surface area contributed by atoms with Crippen molar-refractivity contribution < 1.29 is 4.79 Å². The zero-order chi connectivity index (χ0) is 25.5. The number of carbonyl (C=O) groups excluding carboxylic acids is 1. The number of aliphatic imine (C=N–C) groups is 1. The van der Waals surface area contributed by atoms with Crippen LogP contribution in [0.5, 0.6) is 0 Å². The van der Waals surface area contributed by atoms with E-state index in [9.17, 15) is 4.79 Å². The van der Waals surface area contributed by atoms with Gasteiger partial charge in [0.2, 0.25) is 5.91 Å². The minimum atomic E-state index is -0.0512. The summed E-state index contributed by atoms with van der Waals surface area (Å²) in [5.74, 6) is 1.43. The highest BCUT2D eigenvalue weighted by molar-refractivity contribution is 6.35. The molecular formula is C28H37Cl2N5O. The fraction of sp³-hybridized carbons (Fsp3) is 0.500. The first-order valence-electron chi connectivity index (χ1n) is 13.0. The van der Waals surface area contributed by atoms with Crippen molar-refractivity contribution in [2.45, 2.75) is 58.0 Å². The van der Waals surface area contributed by atoms with Crippen LogP contribution in [0, 0.1) is 5.92 Å². The molecule has 6 nitrogen and oxygen atoms in total. The van der Waals surface area contributed by atoms with Crippen molar-refractivity contribution >= 4 is 46.3 Å². The first-order valence-corrected chi connectivity index (χ1v) is 13.8. The van der Waals surface area contributed by atoms with Crippen molar-refractivity contribution in [3.63, 3.8) is 0 Å². The smallest absolute Gasteiger partial charge is 0.224 e. The molecule has 3 N–H and O–H groups in total. The van der Waals surface area contributed by atoms with E-state index in [2.05, 4.69) is 34.7 Å². The van der Waals surface area contributed by atoms with Crippen LogP contribution in [0.15, 0.2) is 47.5 Å². The Morgan fingerprint density at radius 2 is 1.94 bits per heavy atom. The zero-order valence-electron chi connectivity index (χ0n) is 21.2. The number of benzene rings is 2. The fourth-order valence-electron chi connectivity index (χ4n) is 5.03. The van der Waals surface area contributed by atoms with Gasteiger partial charge in [0.25, 0.3) is 0 Å². The number of hydrogen-bond acceptors (Lipinski definition) is 4. The van der Waals surface area contributed by atoms with Crippen LogP contribution in [-0.4, -0.2) is 54.9 Å². The maximum Gasteiger partial charge on any atom is 0.224 e. The SMILES string of the molecule is CC(C(=Nc1ccc(NC(=O)CCc2ccc(Cl)cc2Cl)cc1)N1CCN[C@@H](C)C1)C1CCCCN1. The average Bonchev–Trinajstić information content (AvgIpc) is 2.88. The summed E-state index contributed by atoms with van der Waals surface area (Å²) >= 11 is 12.2. The predicted molar refractivity (Wildman–Crippen MR) is 151 cm³/mol. The molecule has 2 unspecified atom stereocenters. The molecule has 2 aliphatic heterocycles. The van der Waals surface area contributed by atoms with Crippen LogP contribution in [0.1, 0.15) is 45.1 Å². The summed E-state index contributed by atoms with van der Waals surface area (Å²) < 4.78 is 0. The third kappa shape index (κ3) is 7.45. The lowest BCUT2D eigenvalue weighted by molar-refractivity contribution is -0.116. The molecular weight excluding hydrogens is 493 g/mol. The molecule has 2 aromatic carbocycles. The van der Waals surface area contributed by atoms with E-state index in [-0.39, 0.29) is 5.91 Å². The number of rotatable bonds is 7. The lowest BCUT2D eigenvalue weighted by atomic mass is 9.91. The van der Waals surface area contributed by atoms with Gasteiger partial charge in [-0.2, -0.15) is 0 Å². The van der Waals surface area contributed by atoms with Crippen molar-refractivity contribution in [1.29, 1.82) is 0 Å². The largest absolute Gasteiger partial charge is 0.357 e. The topological polar surface area (TPSA) is 68.8 Å². The van der Waals surface area contributed by atoms with Crippen LogP contribution in [0.3, 0.4) is 0 Å². The third-order valence-corrected chi connectivity index (χ3v) is 7.67. The van der Waals surface area contributed by atoms with E-state index < -0.39 is 0 Å². The minimum absolute atomic E-state index is 0.0512. The zero-order valence-corrected chi connectivity index (χ0v) is 22.7. The van der Waals surface area contributed by atoms with Crippen molar-refractivity contribution in [1.82, 2.24) is 15.5 Å². The maximum atomic E-state index is 12.5. The number of amidine groups is 1. The number of piperidine rings is 1. The molecule has 2 fully saturated rings. The molecule has 4 rings (SSSR count). The number of nitrogens with zero attached hydrogens (tertiary/aromatic N) is 2. The Labute approximate surface area is 224 Å². The van der Waals surface area contributed by atoms with Gasteiger partial charge in [0, 0.05) is 59.8 Å². The summed E-state index contributed by atoms with van der Waals surface area (Å²) in [6, 6.07) is 14.1. The molecule has 8 heteroatoms. The van der Waals surface area contributed by atoms with E-state index in [1.54, 1.807) is 12.1 Å². The van der Waals surface area contributed by atoms with Crippen LogP contribution >= 0.6 is 23.2 Å². The summed E-state index contributed by atoms with van der Waals surface area (Å²) in [7, 11) is 0. The second-order valence-corrected chi connectivity index (χ2v) is 10.8. The first kappa shape index (κ1) is 26.9. The summed E-state index contributed by atoms with van der Waals surface area (Å²) in [5, 5.41) is 11.4. The quantitative estimate of drug-likeness (QED) is 0.319. The molecule has 36 heavy (non-hydrogen) atoms. The van der Waals surface area contributed by atoms with Gasteiger partial charge < -0.3 is 20.9 Å². The number of aryl methyl sites for hydroxylation is 1. The molecule has 0 saturated carbocycles. The van der Waals surface area contributed by atoms with E-state index in [1.165, 1.54) is 19.3 Å². The highest BCUT2D eigenvalue weighted by Gasteiger charge is 2.29. The third-order valence-electron chi connectivity index (χ3n) is 7.08. The molecule has 2 aliphatic rings. The molecule has 2 aromatic rings. The molecule has 1 amide bonds. The van der Waals surface area contributed by atoms with Crippen LogP contribution in [0.4, 0.5) is 11.4 Å². The average molecular weight is 531 g/mol. The predicted octanol–water partition coefficient (Wildman–Crippen LogP) is 5.67. The van der Waals surface area contributed by atoms with Gasteiger partial charge in [0.15, 0.2) is 0 Å². The van der Waals surface area contributed by atoms with Gasteiger partial charge >= 0.3 is 0 Å². The highest BCUT2D eigenvalue weighted by Crippen LogP contribution is 2.25. The van der Waals surface area contributed by atoms with Crippen LogP contribution in [0.25, 0.3) is 0 Å². The lowest BCUT2D eigenvalue weighted by Crippen LogP contribution is -2.55. The van der Waals surface area contributed by atoms with Crippen molar-refractivity contribution in [3.05, 3.63) is 58.1 Å². The van der Waals surface area contributed by atoms with Crippen molar-refractivity contribution in [2.24, 2.45) is 10.9 Å². The summed E-state index contributed by atoms with van der Waals surface area (Å²) in [4.78, 5) is 20.1. The fourth-order valence-corrected chi connectivity index (χ4v) is 5.54. The van der Waals surface area contributed by atoms with E-state index in [0.29, 0.717) is 40.9 Å². The number of anilines is 1. The Hall–Kier alpha value is -2.12. The summed E-state index contributed by atoms with van der Waals surface area (Å²) in [6.07, 6.45) is 4.61. The number of nitrogens with one attached hydrogen (secondary N) is 3. The molecule has 3 atom stereocenters. The number of piperazine rings is 1. The molecule has 0 bridgehead atoms. The van der Waals surface area contributed by atoms with Crippen molar-refractivity contribution in [3.8, 4) is 0 Å². The van der Waals surface area contributed by atoms with Gasteiger partial charge in [-0.25, -0.2) is 4.99 Å². The maximum absolute atomic E-state index is 12.5. The van der Waals surface area contributed by atoms with Gasteiger partial charge in [0.05, 0.1) is 5.69 Å². The minimum Gasteiger partial charge on any atom is -0.357 e. The standard InChI is InChI=1S/C28H37Cl2N5O/c1-19-18-35(16-15-31-19)28(20(2)26-5-3-4-14-32-26)34-24-11-9-23(10-12-24)33-27(36)13-7-21-6-8-22(29)17-25(21)30/h6,8-12,17,19-20,26,31-32H,3-5,7,13-16,18H2,1-2H3,(H,33,36)/t19-,20?,26?/m0/s1. The molecule has 0 radical (unpaired) electrons. The monoisotopic (exact) mass is 529 g/mol. The Balaban J connectivity index is 1.41. The Bertz CT molecular complexity index is 1050. The van der Waals surface area contributed by atoms with Gasteiger partial charge in [-0.15, -0.1) is 0 Å². The Morgan fingerprint density at radius 3 is 2.64 bits per heavy atom. The Kier molecular flexibility index (Phi) is 9.66. The van der Waals surface area contributed by atoms with Gasteiger partial charge in [-0.05, 0) is 74.7 Å². The van der Waals surface area contributed by atoms with Gasteiger partial charge in [-0.1, -0.05) is 42.6 Å². The van der Waals surface area contributed by atoms with Gasteiger partial charge in [0.1, 0.15) is 5.84 Å². The highest BCUT2D eigenvalue weighted by atomic mass is 35.5. The normalized spacial score (nSPS) is 21.8. The van der Waals surface area contributed by atoms with Crippen LogP contribution in [0.2, 0.25) is 10.0 Å². The first-order chi connectivity index (χ1) is 17.4. The second kappa shape index (κ2) is 12.9. The number of amides is 1. The van der Waals surface area contributed by atoms with E-state index >= 15 is 0 Å². The molecule has 0 aromatic heterocycles. The Morgan fingerprint density at radius 1 is 1.14 bits per heavy atom. The van der Waals surface area contributed by atoms with E-state index in [1.807, 2.05) is 30.3 Å². The second-order valence-electron chi connectivity index (χ2n) is 9.95. The van der Waals surface area contributed by atoms with E-state index in [4.69, 9.17) is 28.2 Å². The number of halogens is 2. The van der Waals surface area contributed by atoms with Gasteiger partial charge in [-0.3, -0.25) is 4.79 Å². The summed E-state index contributed by atoms with van der Waals surface area (Å²) in [5.41, 5.74) is 2.59. The van der Waals surface area contributed by atoms with Crippen molar-refractivity contribution in [2.75, 3.05) is 31.5 Å². The number of carbonyl (C=O) groups is 1. The molecule has 2 heterocycles. The molecule has 0 aliphatic carbocycles. The molecule has 2 saturated heterocycles. The molecule has 194 valence electrons. The lowest BCUT2D eigenvalue weighted by Gasteiger charge is -2.39. The van der Waals surface area contributed by atoms with E-state index in [0.717, 1.165) is 49.0 Å².